The van der Waals surface area contributed by atoms with E-state index < -0.39 is 6.36 Å². The summed E-state index contributed by atoms with van der Waals surface area (Å²) < 4.78 is 40.3. The molecule has 0 heterocycles. The minimum atomic E-state index is -4.64. The van der Waals surface area contributed by atoms with Gasteiger partial charge in [-0.05, 0) is 18.5 Å². The van der Waals surface area contributed by atoms with Crippen LogP contribution in [0.25, 0.3) is 0 Å². The average Bonchev–Trinajstić information content (AvgIpc) is 2.17. The highest BCUT2D eigenvalue weighted by molar-refractivity contribution is 5.33. The zero-order valence-corrected chi connectivity index (χ0v) is 9.84. The Kier molecular flexibility index (Phi) is 4.81. The van der Waals surface area contributed by atoms with Crippen LogP contribution in [0.1, 0.15) is 19.4 Å². The number of alkyl halides is 3. The van der Waals surface area contributed by atoms with Gasteiger partial charge in [-0.1, -0.05) is 32.0 Å². The van der Waals surface area contributed by atoms with Gasteiger partial charge in [-0.15, -0.1) is 13.2 Å². The number of para-hydroxylation sites is 1. The SMILES string of the molecule is CC(C)CNCc1ccccc1OC(F)(F)F. The third-order valence-electron chi connectivity index (χ3n) is 2.07. The molecular formula is C12H16F3NO. The highest BCUT2D eigenvalue weighted by atomic mass is 19.4. The first-order valence-corrected chi connectivity index (χ1v) is 5.43. The van der Waals surface area contributed by atoms with E-state index in [1.54, 1.807) is 12.1 Å². The largest absolute Gasteiger partial charge is 0.573 e. The molecule has 0 aliphatic rings. The van der Waals surface area contributed by atoms with Crippen LogP contribution in [0, 0.1) is 5.92 Å². The summed E-state index contributed by atoms with van der Waals surface area (Å²) in [6, 6.07) is 6.15. The molecule has 0 saturated carbocycles. The summed E-state index contributed by atoms with van der Waals surface area (Å²) in [5.74, 6) is 0.307. The normalized spacial score (nSPS) is 11.9. The number of ether oxygens (including phenoxy) is 1. The van der Waals surface area contributed by atoms with Gasteiger partial charge in [-0.3, -0.25) is 0 Å². The van der Waals surface area contributed by atoms with Gasteiger partial charge in [0, 0.05) is 12.1 Å². The summed E-state index contributed by atoms with van der Waals surface area (Å²) in [6.45, 7) is 5.18. The lowest BCUT2D eigenvalue weighted by atomic mass is 10.2. The Morgan fingerprint density at radius 3 is 2.47 bits per heavy atom. The van der Waals surface area contributed by atoms with Gasteiger partial charge in [-0.25, -0.2) is 0 Å². The van der Waals surface area contributed by atoms with Crippen LogP contribution in [0.2, 0.25) is 0 Å². The Balaban J connectivity index is 2.64. The summed E-state index contributed by atoms with van der Waals surface area (Å²) in [5.41, 5.74) is 0.505. The number of hydrogen-bond donors (Lipinski definition) is 1. The van der Waals surface area contributed by atoms with Crippen molar-refractivity contribution in [3.05, 3.63) is 29.8 Å². The van der Waals surface area contributed by atoms with Crippen LogP contribution in [0.15, 0.2) is 24.3 Å². The van der Waals surface area contributed by atoms with Crippen LogP contribution in [-0.2, 0) is 6.54 Å². The molecule has 0 atom stereocenters. The Hall–Kier alpha value is -1.23. The van der Waals surface area contributed by atoms with E-state index in [-0.39, 0.29) is 5.75 Å². The summed E-state index contributed by atoms with van der Waals surface area (Å²) >= 11 is 0. The van der Waals surface area contributed by atoms with Crippen LogP contribution in [-0.4, -0.2) is 12.9 Å². The van der Waals surface area contributed by atoms with Gasteiger partial charge in [0.25, 0.3) is 0 Å². The van der Waals surface area contributed by atoms with E-state index in [1.165, 1.54) is 12.1 Å². The second-order valence-electron chi connectivity index (χ2n) is 4.18. The van der Waals surface area contributed by atoms with Crippen LogP contribution >= 0.6 is 0 Å². The number of benzene rings is 1. The molecule has 2 nitrogen and oxygen atoms in total. The number of halogens is 3. The fourth-order valence-electron chi connectivity index (χ4n) is 1.37. The third kappa shape index (κ3) is 5.58. The monoisotopic (exact) mass is 247 g/mol. The van der Waals surface area contributed by atoms with Crippen molar-refractivity contribution >= 4 is 0 Å². The fraction of sp³-hybridized carbons (Fsp3) is 0.500. The molecule has 0 spiro atoms. The molecule has 0 aromatic heterocycles. The van der Waals surface area contributed by atoms with Crippen LogP contribution in [0.4, 0.5) is 13.2 Å². The van der Waals surface area contributed by atoms with E-state index in [2.05, 4.69) is 10.1 Å². The molecule has 0 aliphatic carbocycles. The van der Waals surface area contributed by atoms with Crippen molar-refractivity contribution in [1.82, 2.24) is 5.32 Å². The van der Waals surface area contributed by atoms with E-state index in [0.29, 0.717) is 18.0 Å². The first-order valence-electron chi connectivity index (χ1n) is 5.43. The van der Waals surface area contributed by atoms with Gasteiger partial charge < -0.3 is 10.1 Å². The third-order valence-corrected chi connectivity index (χ3v) is 2.07. The van der Waals surface area contributed by atoms with Crippen molar-refractivity contribution in [2.75, 3.05) is 6.54 Å². The molecule has 96 valence electrons. The highest BCUT2D eigenvalue weighted by Crippen LogP contribution is 2.25. The summed E-state index contributed by atoms with van der Waals surface area (Å²) in [7, 11) is 0. The van der Waals surface area contributed by atoms with Crippen molar-refractivity contribution in [2.24, 2.45) is 5.92 Å². The van der Waals surface area contributed by atoms with Crippen molar-refractivity contribution in [3.63, 3.8) is 0 Å². The van der Waals surface area contributed by atoms with Crippen LogP contribution in [0.5, 0.6) is 5.75 Å². The highest BCUT2D eigenvalue weighted by Gasteiger charge is 2.31. The molecule has 0 bridgehead atoms. The minimum Gasteiger partial charge on any atom is -0.405 e. The van der Waals surface area contributed by atoms with Crippen molar-refractivity contribution in [1.29, 1.82) is 0 Å². The predicted octanol–water partition coefficient (Wildman–Crippen LogP) is 3.33. The molecule has 0 amide bonds. The van der Waals surface area contributed by atoms with Gasteiger partial charge in [0.2, 0.25) is 0 Å². The van der Waals surface area contributed by atoms with E-state index in [0.717, 1.165) is 6.54 Å². The predicted molar refractivity (Wildman–Crippen MR) is 59.7 cm³/mol. The summed E-state index contributed by atoms with van der Waals surface area (Å²) in [6.07, 6.45) is -4.64. The van der Waals surface area contributed by atoms with Crippen molar-refractivity contribution in [2.45, 2.75) is 26.8 Å². The molecule has 0 aliphatic heterocycles. The standard InChI is InChI=1S/C12H16F3NO/c1-9(2)7-16-8-10-5-3-4-6-11(10)17-12(13,14)15/h3-6,9,16H,7-8H2,1-2H3. The van der Waals surface area contributed by atoms with E-state index >= 15 is 0 Å². The molecule has 5 heteroatoms. The van der Waals surface area contributed by atoms with Gasteiger partial charge in [-0.2, -0.15) is 0 Å². The van der Waals surface area contributed by atoms with Crippen molar-refractivity contribution in [3.8, 4) is 5.75 Å². The molecule has 0 unspecified atom stereocenters. The molecule has 1 aromatic rings. The van der Waals surface area contributed by atoms with Gasteiger partial charge in [0.1, 0.15) is 5.75 Å². The lowest BCUT2D eigenvalue weighted by Gasteiger charge is -2.14. The molecule has 1 N–H and O–H groups in total. The maximum atomic E-state index is 12.1. The average molecular weight is 247 g/mol. The second-order valence-corrected chi connectivity index (χ2v) is 4.18. The van der Waals surface area contributed by atoms with E-state index in [4.69, 9.17) is 0 Å². The first kappa shape index (κ1) is 13.8. The van der Waals surface area contributed by atoms with Crippen LogP contribution < -0.4 is 10.1 Å². The second kappa shape index (κ2) is 5.91. The summed E-state index contributed by atoms with van der Waals surface area (Å²) in [5, 5.41) is 3.08. The van der Waals surface area contributed by atoms with E-state index in [1.807, 2.05) is 13.8 Å². The fourth-order valence-corrected chi connectivity index (χ4v) is 1.37. The molecule has 1 aromatic carbocycles. The first-order chi connectivity index (χ1) is 7.88. The molecule has 0 fully saturated rings. The molecular weight excluding hydrogens is 231 g/mol. The zero-order valence-electron chi connectivity index (χ0n) is 9.84. The Morgan fingerprint density at radius 1 is 1.24 bits per heavy atom. The Labute approximate surface area is 98.8 Å². The number of rotatable bonds is 5. The van der Waals surface area contributed by atoms with Crippen molar-refractivity contribution < 1.29 is 17.9 Å². The Morgan fingerprint density at radius 2 is 1.88 bits per heavy atom. The topological polar surface area (TPSA) is 21.3 Å². The number of nitrogens with one attached hydrogen (secondary N) is 1. The maximum absolute atomic E-state index is 12.1. The smallest absolute Gasteiger partial charge is 0.405 e. The van der Waals surface area contributed by atoms with Gasteiger partial charge in [0.15, 0.2) is 0 Å². The lowest BCUT2D eigenvalue weighted by Crippen LogP contribution is -2.22. The molecule has 0 radical (unpaired) electrons. The van der Waals surface area contributed by atoms with Gasteiger partial charge >= 0.3 is 6.36 Å². The zero-order chi connectivity index (χ0) is 12.9. The van der Waals surface area contributed by atoms with E-state index in [9.17, 15) is 13.2 Å². The quantitative estimate of drug-likeness (QED) is 0.861. The van der Waals surface area contributed by atoms with Gasteiger partial charge in [0.05, 0.1) is 0 Å². The molecule has 17 heavy (non-hydrogen) atoms. The minimum absolute atomic E-state index is 0.142. The Bertz CT molecular complexity index is 350. The molecule has 1 rings (SSSR count). The summed E-state index contributed by atoms with van der Waals surface area (Å²) in [4.78, 5) is 0. The number of hydrogen-bond acceptors (Lipinski definition) is 2. The van der Waals surface area contributed by atoms with Crippen LogP contribution in [0.3, 0.4) is 0 Å². The molecule has 0 saturated heterocycles. The maximum Gasteiger partial charge on any atom is 0.573 e. The lowest BCUT2D eigenvalue weighted by molar-refractivity contribution is -0.274.